The quantitative estimate of drug-likeness (QED) is 0.110. The molecule has 2 atom stereocenters. The van der Waals surface area contributed by atoms with Gasteiger partial charge in [-0.05, 0) is 122 Å². The van der Waals surface area contributed by atoms with Crippen LogP contribution in [0.4, 0.5) is 11.4 Å². The number of hydrogen-bond acceptors (Lipinski definition) is 12. The van der Waals surface area contributed by atoms with Crippen LogP contribution in [0.1, 0.15) is 49.9 Å². The largest absolute Gasteiger partial charge is 0.496 e. The Morgan fingerprint density at radius 1 is 0.530 bits per heavy atom. The van der Waals surface area contributed by atoms with Crippen molar-refractivity contribution in [1.29, 1.82) is 0 Å². The lowest BCUT2D eigenvalue weighted by atomic mass is 9.97. The Bertz CT molecular complexity index is 2530. The Balaban J connectivity index is 0.000000196. The van der Waals surface area contributed by atoms with E-state index in [0.717, 1.165) is 45.1 Å². The first-order chi connectivity index (χ1) is 31.4. The Hall–Kier alpha value is -4.78. The molecule has 8 rings (SSSR count). The highest BCUT2D eigenvalue weighted by Crippen LogP contribution is 2.33. The number of sulfonamides is 2. The van der Waals surface area contributed by atoms with Crippen molar-refractivity contribution in [1.82, 2.24) is 8.61 Å². The fourth-order valence-corrected chi connectivity index (χ4v) is 13.8. The van der Waals surface area contributed by atoms with Crippen molar-refractivity contribution in [3.05, 3.63) is 154 Å². The summed E-state index contributed by atoms with van der Waals surface area (Å²) in [5.74, 6) is 1.60. The molecule has 0 unspecified atom stereocenters. The van der Waals surface area contributed by atoms with Gasteiger partial charge in [-0.2, -0.15) is 8.61 Å². The lowest BCUT2D eigenvalue weighted by molar-refractivity contribution is 0.0780. The van der Waals surface area contributed by atoms with E-state index < -0.39 is 31.2 Å². The Morgan fingerprint density at radius 3 is 1.21 bits per heavy atom. The van der Waals surface area contributed by atoms with Crippen LogP contribution < -0.4 is 19.3 Å². The van der Waals surface area contributed by atoms with Crippen LogP contribution >= 0.6 is 22.7 Å². The summed E-state index contributed by atoms with van der Waals surface area (Å²) in [5, 5.41) is 24.2. The van der Waals surface area contributed by atoms with Crippen LogP contribution in [0.15, 0.2) is 141 Å². The van der Waals surface area contributed by atoms with E-state index in [1.165, 1.54) is 22.7 Å². The van der Waals surface area contributed by atoms with Crippen LogP contribution in [0.25, 0.3) is 0 Å². The topological polar surface area (TPSA) is 140 Å². The minimum atomic E-state index is -3.53. The van der Waals surface area contributed by atoms with Crippen molar-refractivity contribution in [2.24, 2.45) is 0 Å². The summed E-state index contributed by atoms with van der Waals surface area (Å²) < 4.78 is 68.0. The van der Waals surface area contributed by atoms with Crippen molar-refractivity contribution in [3.63, 3.8) is 0 Å². The number of methoxy groups -OCH3 is 2. The highest BCUT2D eigenvalue weighted by atomic mass is 32.3. The molecule has 0 bridgehead atoms. The summed E-state index contributed by atoms with van der Waals surface area (Å²) in [6, 6.07) is 38.2. The molecule has 0 amide bonds. The van der Waals surface area contributed by atoms with Crippen LogP contribution in [-0.2, 0) is 44.1 Å². The number of hydrogen-bond donors (Lipinski definition) is 2. The van der Waals surface area contributed by atoms with Crippen molar-refractivity contribution >= 4 is 54.1 Å². The third-order valence-electron chi connectivity index (χ3n) is 12.2. The molecule has 2 saturated heterocycles. The van der Waals surface area contributed by atoms with Gasteiger partial charge in [0, 0.05) is 62.7 Å². The van der Waals surface area contributed by atoms with Gasteiger partial charge < -0.3 is 29.5 Å². The average Bonchev–Trinajstić information content (AvgIpc) is 4.07. The molecule has 2 N–H and O–H groups in total. The van der Waals surface area contributed by atoms with Gasteiger partial charge in [0.25, 0.3) is 20.0 Å². The molecular weight excluding hydrogens is 913 g/mol. The Morgan fingerprint density at radius 2 is 0.894 bits per heavy atom. The maximum absolute atomic E-state index is 13.2. The zero-order valence-corrected chi connectivity index (χ0v) is 41.5. The maximum Gasteiger partial charge on any atom is 0.252 e. The number of benzene rings is 4. The minimum absolute atomic E-state index is 0.0715. The summed E-state index contributed by atoms with van der Waals surface area (Å²) in [6.45, 7) is 9.80. The maximum atomic E-state index is 13.2. The summed E-state index contributed by atoms with van der Waals surface area (Å²) in [5.41, 5.74) is 3.95. The molecule has 0 spiro atoms. The van der Waals surface area contributed by atoms with E-state index >= 15 is 0 Å². The highest BCUT2D eigenvalue weighted by molar-refractivity contribution is 7.91. The molecule has 2 aliphatic rings. The molecule has 2 fully saturated rings. The van der Waals surface area contributed by atoms with Crippen LogP contribution in [0.5, 0.6) is 11.5 Å². The zero-order valence-electron chi connectivity index (χ0n) is 38.3. The molecule has 352 valence electrons. The molecule has 12 nitrogen and oxygen atoms in total. The van der Waals surface area contributed by atoms with E-state index in [1.807, 2.05) is 97.1 Å². The molecule has 0 radical (unpaired) electrons. The van der Waals surface area contributed by atoms with Gasteiger partial charge in [0.1, 0.15) is 19.9 Å². The first-order valence-electron chi connectivity index (χ1n) is 21.9. The summed E-state index contributed by atoms with van der Waals surface area (Å²) in [6.07, 6.45) is 1.29. The second-order valence-corrected chi connectivity index (χ2v) is 23.8. The fourth-order valence-electron chi connectivity index (χ4n) is 8.57. The van der Waals surface area contributed by atoms with Gasteiger partial charge in [0.05, 0.1) is 25.4 Å². The number of para-hydroxylation sites is 2. The first kappa shape index (κ1) is 49.1. The Kier molecular flexibility index (Phi) is 15.3. The van der Waals surface area contributed by atoms with Gasteiger partial charge >= 0.3 is 0 Å². The van der Waals surface area contributed by atoms with Gasteiger partial charge in [0.15, 0.2) is 0 Å². The summed E-state index contributed by atoms with van der Waals surface area (Å²) in [4.78, 5) is 4.53. The molecule has 4 aromatic carbocycles. The predicted molar refractivity (Wildman–Crippen MR) is 265 cm³/mol. The van der Waals surface area contributed by atoms with E-state index in [1.54, 1.807) is 85.6 Å². The number of nitrogens with zero attached hydrogens (tertiary/aromatic N) is 4. The van der Waals surface area contributed by atoms with Crippen molar-refractivity contribution < 1.29 is 36.5 Å². The average molecular weight is 973 g/mol. The molecule has 0 aliphatic carbocycles. The van der Waals surface area contributed by atoms with Crippen LogP contribution in [0.2, 0.25) is 0 Å². The predicted octanol–water partition coefficient (Wildman–Crippen LogP) is 8.21. The number of aliphatic hydroxyl groups is 2. The second-order valence-electron chi connectivity index (χ2n) is 17.5. The van der Waals surface area contributed by atoms with E-state index in [0.29, 0.717) is 60.5 Å². The highest BCUT2D eigenvalue weighted by Gasteiger charge is 2.37. The molecule has 6 aromatic rings. The monoisotopic (exact) mass is 972 g/mol. The lowest BCUT2D eigenvalue weighted by Crippen LogP contribution is -2.55. The second kappa shape index (κ2) is 20.6. The van der Waals surface area contributed by atoms with Crippen LogP contribution in [0, 0.1) is 0 Å². The number of piperazine rings is 2. The van der Waals surface area contributed by atoms with E-state index in [-0.39, 0.29) is 12.1 Å². The number of rotatable bonds is 14. The number of ether oxygens (including phenoxy) is 2. The van der Waals surface area contributed by atoms with Gasteiger partial charge in [-0.15, -0.1) is 22.7 Å². The van der Waals surface area contributed by atoms with Crippen molar-refractivity contribution in [2.75, 3.05) is 63.3 Å². The SMILES string of the molecule is COc1ccccc1C[C@@H]1CN(S(=O)(=O)c2cccs2)CCN1c1ccc(C(C)(C)O)cc1.COc1ccccc1C[C@H]1CN(S(=O)(=O)c2cccs2)CCN1c1ccc(C(C)(C)O)cc1. The Labute approximate surface area is 398 Å². The van der Waals surface area contributed by atoms with Gasteiger partial charge in [-0.1, -0.05) is 72.8 Å². The molecule has 2 aliphatic heterocycles. The van der Waals surface area contributed by atoms with E-state index in [9.17, 15) is 27.0 Å². The third-order valence-corrected chi connectivity index (χ3v) is 18.7. The van der Waals surface area contributed by atoms with Crippen molar-refractivity contribution in [2.45, 2.75) is 72.2 Å². The standard InChI is InChI=1S/2C25H30N2O4S2/c2*1-25(2,28)20-10-12-21(13-11-20)27-15-14-26(33(29,30)24-9-6-16-32-24)18-22(27)17-19-7-4-5-8-23(19)31-3/h2*4-13,16,22,28H,14-15,17-18H2,1-3H3/t2*22-/m10/s1. The molecule has 66 heavy (non-hydrogen) atoms. The van der Waals surface area contributed by atoms with E-state index in [4.69, 9.17) is 9.47 Å². The molecule has 16 heteroatoms. The van der Waals surface area contributed by atoms with Gasteiger partial charge in [0.2, 0.25) is 0 Å². The van der Waals surface area contributed by atoms with Crippen molar-refractivity contribution in [3.8, 4) is 11.5 Å². The van der Waals surface area contributed by atoms with Crippen LogP contribution in [-0.4, -0.2) is 101 Å². The fraction of sp³-hybridized carbons (Fsp3) is 0.360. The molecule has 0 saturated carbocycles. The number of anilines is 2. The normalized spacial score (nSPS) is 17.8. The molecule has 4 heterocycles. The minimum Gasteiger partial charge on any atom is -0.496 e. The summed E-state index contributed by atoms with van der Waals surface area (Å²) in [7, 11) is -3.75. The lowest BCUT2D eigenvalue weighted by Gasteiger charge is -2.42. The smallest absolute Gasteiger partial charge is 0.252 e. The first-order valence-corrected chi connectivity index (χ1v) is 26.5. The molecular formula is C50H60N4O8S4. The summed E-state index contributed by atoms with van der Waals surface area (Å²) >= 11 is 2.50. The van der Waals surface area contributed by atoms with E-state index in [2.05, 4.69) is 9.80 Å². The zero-order chi connectivity index (χ0) is 47.3. The number of thiophene rings is 2. The van der Waals surface area contributed by atoms with Gasteiger partial charge in [-0.25, -0.2) is 16.8 Å². The van der Waals surface area contributed by atoms with Gasteiger partial charge in [-0.3, -0.25) is 0 Å². The van der Waals surface area contributed by atoms with Crippen LogP contribution in [0.3, 0.4) is 0 Å². The molecule has 2 aromatic heterocycles. The third kappa shape index (κ3) is 11.3.